The average Bonchev–Trinajstić information content (AvgIpc) is 2.22. The lowest BCUT2D eigenvalue weighted by atomic mass is 9.45. The van der Waals surface area contributed by atoms with Crippen LogP contribution in [-0.4, -0.2) is 6.54 Å². The molecule has 0 amide bonds. The second-order valence-corrected chi connectivity index (χ2v) is 6.96. The largest absolute Gasteiger partial charge is 0.330 e. The molecule has 4 saturated carbocycles. The van der Waals surface area contributed by atoms with Gasteiger partial charge in [0, 0.05) is 0 Å². The molecule has 92 valence electrons. The quantitative estimate of drug-likeness (QED) is 0.771. The van der Waals surface area contributed by atoms with E-state index in [1.807, 2.05) is 0 Å². The van der Waals surface area contributed by atoms with Gasteiger partial charge in [0.15, 0.2) is 0 Å². The van der Waals surface area contributed by atoms with Crippen LogP contribution in [0.1, 0.15) is 58.3 Å². The summed E-state index contributed by atoms with van der Waals surface area (Å²) in [4.78, 5) is 0. The molecule has 16 heavy (non-hydrogen) atoms. The van der Waals surface area contributed by atoms with Crippen molar-refractivity contribution < 1.29 is 0 Å². The van der Waals surface area contributed by atoms with E-state index in [0.717, 1.165) is 35.6 Å². The van der Waals surface area contributed by atoms with Gasteiger partial charge in [0.1, 0.15) is 0 Å². The molecule has 4 bridgehead atoms. The molecule has 0 heterocycles. The van der Waals surface area contributed by atoms with Crippen molar-refractivity contribution >= 4 is 0 Å². The topological polar surface area (TPSA) is 26.0 Å². The molecule has 4 fully saturated rings. The van der Waals surface area contributed by atoms with Crippen molar-refractivity contribution in [1.29, 1.82) is 0 Å². The van der Waals surface area contributed by atoms with E-state index in [1.165, 1.54) is 19.3 Å². The maximum Gasteiger partial charge on any atom is -0.00744 e. The van der Waals surface area contributed by atoms with Gasteiger partial charge in [0.05, 0.1) is 0 Å². The van der Waals surface area contributed by atoms with Crippen LogP contribution in [0.5, 0.6) is 0 Å². The van der Waals surface area contributed by atoms with Gasteiger partial charge in [-0.3, -0.25) is 0 Å². The number of hydrogen-bond acceptors (Lipinski definition) is 1. The van der Waals surface area contributed by atoms with Gasteiger partial charge in [-0.2, -0.15) is 0 Å². The second kappa shape index (κ2) is 4.01. The zero-order valence-corrected chi connectivity index (χ0v) is 10.8. The molecule has 0 saturated heterocycles. The fourth-order valence-corrected chi connectivity index (χ4v) is 5.80. The zero-order valence-electron chi connectivity index (χ0n) is 10.8. The summed E-state index contributed by atoms with van der Waals surface area (Å²) < 4.78 is 0. The minimum Gasteiger partial charge on any atom is -0.330 e. The smallest absolute Gasteiger partial charge is 0.00744 e. The van der Waals surface area contributed by atoms with Crippen LogP contribution in [0, 0.1) is 29.1 Å². The molecule has 2 N–H and O–H groups in total. The summed E-state index contributed by atoms with van der Waals surface area (Å²) in [5, 5.41) is 0. The molecule has 4 aliphatic rings. The molecule has 1 heteroatoms. The van der Waals surface area contributed by atoms with Crippen LogP contribution in [0.4, 0.5) is 0 Å². The summed E-state index contributed by atoms with van der Waals surface area (Å²) in [5.41, 5.74) is 6.59. The summed E-state index contributed by atoms with van der Waals surface area (Å²) >= 11 is 0. The third kappa shape index (κ3) is 1.63. The van der Waals surface area contributed by atoms with Gasteiger partial charge in [-0.1, -0.05) is 13.3 Å². The standard InChI is InChI=1S/C15H27N/c1-2-4-15-8-11-6-12(9-15)14(3-5-16)13(7-11)10-15/h11-14H,2-10,16H2,1H3. The molecule has 4 aliphatic carbocycles. The van der Waals surface area contributed by atoms with Crippen molar-refractivity contribution in [2.75, 3.05) is 6.54 Å². The van der Waals surface area contributed by atoms with Crippen LogP contribution in [-0.2, 0) is 0 Å². The molecule has 0 spiro atoms. The molecular formula is C15H27N. The summed E-state index contributed by atoms with van der Waals surface area (Å²) in [6.07, 6.45) is 12.0. The lowest BCUT2D eigenvalue weighted by Gasteiger charge is -2.60. The monoisotopic (exact) mass is 221 g/mol. The molecule has 0 aromatic heterocycles. The van der Waals surface area contributed by atoms with Crippen molar-refractivity contribution in [3.8, 4) is 0 Å². The van der Waals surface area contributed by atoms with Gasteiger partial charge in [-0.25, -0.2) is 0 Å². The molecule has 0 aromatic carbocycles. The van der Waals surface area contributed by atoms with Crippen molar-refractivity contribution in [1.82, 2.24) is 0 Å². The Kier molecular flexibility index (Phi) is 2.78. The second-order valence-electron chi connectivity index (χ2n) is 6.96. The maximum absolute atomic E-state index is 5.80. The first-order valence-corrected chi connectivity index (χ1v) is 7.46. The highest BCUT2D eigenvalue weighted by molar-refractivity contribution is 5.04. The van der Waals surface area contributed by atoms with Crippen molar-refractivity contribution in [2.24, 2.45) is 34.8 Å². The van der Waals surface area contributed by atoms with E-state index >= 15 is 0 Å². The minimum atomic E-state index is 0.788. The number of rotatable bonds is 4. The van der Waals surface area contributed by atoms with Gasteiger partial charge in [-0.05, 0) is 80.6 Å². The fraction of sp³-hybridized carbons (Fsp3) is 1.00. The van der Waals surface area contributed by atoms with E-state index in [4.69, 9.17) is 5.73 Å². The molecular weight excluding hydrogens is 194 g/mol. The Bertz CT molecular complexity index is 244. The predicted octanol–water partition coefficient (Wildman–Crippen LogP) is 3.58. The summed E-state index contributed by atoms with van der Waals surface area (Å²) in [6.45, 7) is 3.29. The molecule has 0 aromatic rings. The highest BCUT2D eigenvalue weighted by Gasteiger charge is 2.54. The highest BCUT2D eigenvalue weighted by Crippen LogP contribution is 2.64. The van der Waals surface area contributed by atoms with Crippen LogP contribution >= 0.6 is 0 Å². The first-order chi connectivity index (χ1) is 7.76. The Labute approximate surface area is 100 Å². The van der Waals surface area contributed by atoms with Crippen molar-refractivity contribution in [2.45, 2.75) is 58.3 Å². The van der Waals surface area contributed by atoms with Gasteiger partial charge >= 0.3 is 0 Å². The van der Waals surface area contributed by atoms with Gasteiger partial charge in [0.2, 0.25) is 0 Å². The first-order valence-electron chi connectivity index (χ1n) is 7.46. The van der Waals surface area contributed by atoms with E-state index in [2.05, 4.69) is 6.92 Å². The molecule has 4 rings (SSSR count). The van der Waals surface area contributed by atoms with Gasteiger partial charge in [-0.15, -0.1) is 0 Å². The molecule has 2 unspecified atom stereocenters. The first kappa shape index (κ1) is 11.1. The minimum absolute atomic E-state index is 0.788. The Balaban J connectivity index is 1.78. The van der Waals surface area contributed by atoms with E-state index in [-0.39, 0.29) is 0 Å². The maximum atomic E-state index is 5.80. The van der Waals surface area contributed by atoms with E-state index in [0.29, 0.717) is 0 Å². The van der Waals surface area contributed by atoms with Crippen LogP contribution < -0.4 is 5.73 Å². The zero-order chi connectivity index (χ0) is 11.2. The van der Waals surface area contributed by atoms with E-state index in [9.17, 15) is 0 Å². The number of hydrogen-bond donors (Lipinski definition) is 1. The SMILES string of the molecule is CCCC12CC3CC(C1)C(CCN)C(C3)C2. The molecule has 2 atom stereocenters. The lowest BCUT2D eigenvalue weighted by Crippen LogP contribution is -2.51. The average molecular weight is 221 g/mol. The third-order valence-corrected chi connectivity index (χ3v) is 5.88. The van der Waals surface area contributed by atoms with Crippen molar-refractivity contribution in [3.63, 3.8) is 0 Å². The van der Waals surface area contributed by atoms with E-state index in [1.54, 1.807) is 32.1 Å². The van der Waals surface area contributed by atoms with Crippen LogP contribution in [0.25, 0.3) is 0 Å². The Hall–Kier alpha value is -0.0400. The molecule has 1 nitrogen and oxygen atoms in total. The van der Waals surface area contributed by atoms with E-state index < -0.39 is 0 Å². The summed E-state index contributed by atoms with van der Waals surface area (Å²) in [7, 11) is 0. The highest BCUT2D eigenvalue weighted by atomic mass is 14.6. The predicted molar refractivity (Wildman–Crippen MR) is 68.1 cm³/mol. The van der Waals surface area contributed by atoms with Crippen LogP contribution in [0.2, 0.25) is 0 Å². The molecule has 0 aliphatic heterocycles. The van der Waals surface area contributed by atoms with Gasteiger partial charge in [0.25, 0.3) is 0 Å². The molecule has 0 radical (unpaired) electrons. The fourth-order valence-electron chi connectivity index (χ4n) is 5.80. The van der Waals surface area contributed by atoms with Crippen molar-refractivity contribution in [3.05, 3.63) is 0 Å². The summed E-state index contributed by atoms with van der Waals surface area (Å²) in [6, 6.07) is 0. The van der Waals surface area contributed by atoms with Crippen LogP contribution in [0.15, 0.2) is 0 Å². The van der Waals surface area contributed by atoms with Gasteiger partial charge < -0.3 is 5.73 Å². The van der Waals surface area contributed by atoms with Crippen LogP contribution in [0.3, 0.4) is 0 Å². The normalized spacial score (nSPS) is 49.9. The third-order valence-electron chi connectivity index (χ3n) is 5.88. The lowest BCUT2D eigenvalue weighted by molar-refractivity contribution is -0.100. The summed E-state index contributed by atoms with van der Waals surface area (Å²) in [5.74, 6) is 4.22. The number of nitrogens with two attached hydrogens (primary N) is 1. The Morgan fingerprint density at radius 2 is 1.81 bits per heavy atom. The Morgan fingerprint density at radius 1 is 1.12 bits per heavy atom. The Morgan fingerprint density at radius 3 is 2.38 bits per heavy atom.